The van der Waals surface area contributed by atoms with Gasteiger partial charge in [0.05, 0.1) is 12.6 Å². The summed E-state index contributed by atoms with van der Waals surface area (Å²) < 4.78 is 0. The van der Waals surface area contributed by atoms with E-state index in [9.17, 15) is 24.3 Å². The minimum Gasteiger partial charge on any atom is -0.480 e. The summed E-state index contributed by atoms with van der Waals surface area (Å²) in [5.74, 6) is -4.05. The zero-order valence-corrected chi connectivity index (χ0v) is 19.2. The average Bonchev–Trinajstić information content (AvgIpc) is 2.75. The number of aliphatic hydroxyl groups is 1. The number of nitrogens with one attached hydrogen (secondary N) is 3. The first-order valence-corrected chi connectivity index (χ1v) is 10.8. The van der Waals surface area contributed by atoms with Crippen LogP contribution in [0.2, 0.25) is 0 Å². The topological polar surface area (TPSA) is 235 Å². The van der Waals surface area contributed by atoms with Crippen LogP contribution in [0.5, 0.6) is 0 Å². The molecule has 0 fully saturated rings. The van der Waals surface area contributed by atoms with E-state index in [4.69, 9.17) is 22.3 Å². The third-order valence-corrected chi connectivity index (χ3v) is 5.08. The molecule has 5 unspecified atom stereocenters. The smallest absolute Gasteiger partial charge is 0.327 e. The van der Waals surface area contributed by atoms with Gasteiger partial charge in [0.1, 0.15) is 18.1 Å². The van der Waals surface area contributed by atoms with E-state index in [1.54, 1.807) is 13.8 Å². The SMILES string of the molecule is CCC(C)C(NC(=O)C(CO)NC(=O)C(N)CCCN=C(N)N)C(=O)NC(CS)C(=O)O. The Morgan fingerprint density at radius 2 is 1.62 bits per heavy atom. The van der Waals surface area contributed by atoms with E-state index in [-0.39, 0.29) is 30.6 Å². The van der Waals surface area contributed by atoms with Crippen LogP contribution in [0.4, 0.5) is 0 Å². The fourth-order valence-corrected chi connectivity index (χ4v) is 2.77. The van der Waals surface area contributed by atoms with Crippen LogP contribution >= 0.6 is 12.6 Å². The van der Waals surface area contributed by atoms with Crippen molar-refractivity contribution in [2.24, 2.45) is 28.1 Å². The van der Waals surface area contributed by atoms with Crippen molar-refractivity contribution in [2.45, 2.75) is 57.3 Å². The molecule has 5 atom stereocenters. The van der Waals surface area contributed by atoms with Gasteiger partial charge in [0.25, 0.3) is 0 Å². The average molecular weight is 478 g/mol. The van der Waals surface area contributed by atoms with Gasteiger partial charge < -0.3 is 43.4 Å². The molecule has 0 aliphatic heterocycles. The lowest BCUT2D eigenvalue weighted by atomic mass is 9.97. The highest BCUT2D eigenvalue weighted by molar-refractivity contribution is 7.80. The van der Waals surface area contributed by atoms with Crippen molar-refractivity contribution in [3.63, 3.8) is 0 Å². The molecule has 0 aromatic rings. The van der Waals surface area contributed by atoms with Crippen LogP contribution in [-0.4, -0.2) is 82.9 Å². The van der Waals surface area contributed by atoms with Crippen molar-refractivity contribution in [2.75, 3.05) is 18.9 Å². The third-order valence-electron chi connectivity index (χ3n) is 4.71. The van der Waals surface area contributed by atoms with Gasteiger partial charge in [-0.15, -0.1) is 0 Å². The molecular formula is C18H35N7O6S. The van der Waals surface area contributed by atoms with Crippen molar-refractivity contribution in [3.8, 4) is 0 Å². The maximum absolute atomic E-state index is 12.6. The van der Waals surface area contributed by atoms with Gasteiger partial charge in [0, 0.05) is 12.3 Å². The van der Waals surface area contributed by atoms with Crippen molar-refractivity contribution in [1.29, 1.82) is 0 Å². The molecule has 0 aliphatic rings. The predicted molar refractivity (Wildman–Crippen MR) is 122 cm³/mol. The number of amides is 3. The van der Waals surface area contributed by atoms with E-state index < -0.39 is 54.5 Å². The molecule has 14 heteroatoms. The molecule has 3 amide bonds. The monoisotopic (exact) mass is 477 g/mol. The Labute approximate surface area is 192 Å². The highest BCUT2D eigenvalue weighted by atomic mass is 32.1. The first-order valence-electron chi connectivity index (χ1n) is 10.1. The lowest BCUT2D eigenvalue weighted by Gasteiger charge is -2.27. The van der Waals surface area contributed by atoms with Crippen LogP contribution in [0.1, 0.15) is 33.1 Å². The number of aliphatic carboxylic acids is 1. The van der Waals surface area contributed by atoms with Crippen molar-refractivity contribution in [1.82, 2.24) is 16.0 Å². The number of carboxylic acids is 1. The molecule has 0 spiro atoms. The fourth-order valence-electron chi connectivity index (χ4n) is 2.53. The van der Waals surface area contributed by atoms with Gasteiger partial charge >= 0.3 is 5.97 Å². The van der Waals surface area contributed by atoms with Crippen LogP contribution in [0.3, 0.4) is 0 Å². The second kappa shape index (κ2) is 15.3. The van der Waals surface area contributed by atoms with Crippen LogP contribution in [-0.2, 0) is 19.2 Å². The number of carboxylic acid groups (broad SMARTS) is 1. The summed E-state index contributed by atoms with van der Waals surface area (Å²) >= 11 is 3.89. The molecule has 0 radical (unpaired) electrons. The molecule has 0 heterocycles. The molecule has 0 aliphatic carbocycles. The van der Waals surface area contributed by atoms with Gasteiger partial charge in [-0.1, -0.05) is 20.3 Å². The Morgan fingerprint density at radius 3 is 2.09 bits per heavy atom. The third kappa shape index (κ3) is 10.6. The Bertz CT molecular complexity index is 674. The molecule has 0 aromatic heterocycles. The summed E-state index contributed by atoms with van der Waals surface area (Å²) in [6.07, 6.45) is 1.16. The van der Waals surface area contributed by atoms with Crippen LogP contribution in [0.15, 0.2) is 4.99 Å². The molecule has 13 nitrogen and oxygen atoms in total. The fraction of sp³-hybridized carbons (Fsp3) is 0.722. The quantitative estimate of drug-likeness (QED) is 0.0501. The first-order chi connectivity index (χ1) is 15.0. The van der Waals surface area contributed by atoms with Crippen LogP contribution < -0.4 is 33.2 Å². The minimum atomic E-state index is -1.36. The number of nitrogens with zero attached hydrogens (tertiary/aromatic N) is 1. The maximum Gasteiger partial charge on any atom is 0.327 e. The summed E-state index contributed by atoms with van der Waals surface area (Å²) in [6.45, 7) is 3.03. The molecule has 0 saturated heterocycles. The van der Waals surface area contributed by atoms with Crippen molar-refractivity contribution >= 4 is 42.3 Å². The Kier molecular flexibility index (Phi) is 14.0. The number of carbonyl (C=O) groups excluding carboxylic acids is 3. The van der Waals surface area contributed by atoms with E-state index in [1.807, 2.05) is 0 Å². The van der Waals surface area contributed by atoms with E-state index >= 15 is 0 Å². The zero-order valence-electron chi connectivity index (χ0n) is 18.3. The molecule has 184 valence electrons. The van der Waals surface area contributed by atoms with Crippen LogP contribution in [0.25, 0.3) is 0 Å². The van der Waals surface area contributed by atoms with Gasteiger partial charge in [0.2, 0.25) is 17.7 Å². The number of nitrogens with two attached hydrogens (primary N) is 3. The number of hydrogen-bond donors (Lipinski definition) is 9. The summed E-state index contributed by atoms with van der Waals surface area (Å²) in [5, 5.41) is 25.8. The normalized spacial score (nSPS) is 15.4. The number of aliphatic imine (C=N–C) groups is 1. The van der Waals surface area contributed by atoms with Gasteiger partial charge in [-0.3, -0.25) is 19.4 Å². The Balaban J connectivity index is 5.08. The van der Waals surface area contributed by atoms with Gasteiger partial charge in [-0.25, -0.2) is 4.79 Å². The highest BCUT2D eigenvalue weighted by Gasteiger charge is 2.32. The van der Waals surface area contributed by atoms with E-state index in [0.29, 0.717) is 12.8 Å². The zero-order chi connectivity index (χ0) is 24.8. The predicted octanol–water partition coefficient (Wildman–Crippen LogP) is -3.13. The van der Waals surface area contributed by atoms with Crippen molar-refractivity contribution in [3.05, 3.63) is 0 Å². The first kappa shape index (κ1) is 29.4. The number of aliphatic hydroxyl groups excluding tert-OH is 1. The summed E-state index contributed by atoms with van der Waals surface area (Å²) in [7, 11) is 0. The summed E-state index contributed by atoms with van der Waals surface area (Å²) in [6, 6.07) is -4.65. The second-order valence-corrected chi connectivity index (χ2v) is 7.62. The minimum absolute atomic E-state index is 0.0796. The summed E-state index contributed by atoms with van der Waals surface area (Å²) in [4.78, 5) is 52.4. The molecule has 32 heavy (non-hydrogen) atoms. The molecule has 0 bridgehead atoms. The van der Waals surface area contributed by atoms with Gasteiger partial charge in [-0.2, -0.15) is 12.6 Å². The standard InChI is InChI=1S/C18H35N7O6S/c1-3-9(2)13(16(29)24-12(8-32)17(30)31)25-15(28)11(7-26)23-14(27)10(19)5-4-6-22-18(20)21/h9-13,26,32H,3-8,19H2,1-2H3,(H,23,27)(H,24,29)(H,25,28)(H,30,31)(H4,20,21,22). The van der Waals surface area contributed by atoms with Gasteiger partial charge in [-0.05, 0) is 18.8 Å². The van der Waals surface area contributed by atoms with Crippen LogP contribution in [0, 0.1) is 5.92 Å². The van der Waals surface area contributed by atoms with E-state index in [1.165, 1.54) is 0 Å². The summed E-state index contributed by atoms with van der Waals surface area (Å²) in [5.41, 5.74) is 16.2. The lowest BCUT2D eigenvalue weighted by Crippen LogP contribution is -2.59. The molecular weight excluding hydrogens is 442 g/mol. The maximum atomic E-state index is 12.6. The molecule has 0 rings (SSSR count). The number of carbonyl (C=O) groups is 4. The largest absolute Gasteiger partial charge is 0.480 e. The molecule has 11 N–H and O–H groups in total. The lowest BCUT2D eigenvalue weighted by molar-refractivity contribution is -0.142. The van der Waals surface area contributed by atoms with E-state index in [0.717, 1.165) is 0 Å². The Hall–Kier alpha value is -2.58. The van der Waals surface area contributed by atoms with Crippen molar-refractivity contribution < 1.29 is 29.4 Å². The molecule has 0 saturated carbocycles. The Morgan fingerprint density at radius 1 is 1.03 bits per heavy atom. The number of guanidine groups is 1. The van der Waals surface area contributed by atoms with E-state index in [2.05, 4.69) is 33.6 Å². The second-order valence-electron chi connectivity index (χ2n) is 7.25. The van der Waals surface area contributed by atoms with Gasteiger partial charge in [0.15, 0.2) is 5.96 Å². The highest BCUT2D eigenvalue weighted by Crippen LogP contribution is 2.09. The number of hydrogen-bond acceptors (Lipinski definition) is 8. The molecule has 0 aromatic carbocycles. The number of thiol groups is 1. The number of rotatable bonds is 15.